The van der Waals surface area contributed by atoms with Crippen LogP contribution < -0.4 is 14.2 Å². The molecule has 0 amide bonds. The fraction of sp³-hybridized carbons (Fsp3) is 0.625. The highest BCUT2D eigenvalue weighted by atomic mass is 16.5. The molecule has 1 aromatic carbocycles. The highest BCUT2D eigenvalue weighted by molar-refractivity contribution is 5.54. The molecule has 1 aromatic rings. The summed E-state index contributed by atoms with van der Waals surface area (Å²) < 4.78 is 15.9. The Labute approximate surface area is 121 Å². The predicted molar refractivity (Wildman–Crippen MR) is 79.7 cm³/mol. The molecule has 0 heterocycles. The van der Waals surface area contributed by atoms with Crippen molar-refractivity contribution in [3.05, 3.63) is 17.7 Å². The highest BCUT2D eigenvalue weighted by Crippen LogP contribution is 2.40. The zero-order chi connectivity index (χ0) is 15.3. The molecule has 4 nitrogen and oxygen atoms in total. The van der Waals surface area contributed by atoms with E-state index in [4.69, 9.17) is 14.2 Å². The molecule has 114 valence electrons. The number of benzene rings is 1. The van der Waals surface area contributed by atoms with Crippen LogP contribution in [0.2, 0.25) is 0 Å². The second kappa shape index (κ2) is 6.84. The lowest BCUT2D eigenvalue weighted by molar-refractivity contribution is 0.146. The second-order valence-electron chi connectivity index (χ2n) is 6.07. The zero-order valence-corrected chi connectivity index (χ0v) is 13.3. The minimum absolute atomic E-state index is 0.196. The van der Waals surface area contributed by atoms with Crippen LogP contribution in [0.1, 0.15) is 45.3 Å². The van der Waals surface area contributed by atoms with E-state index in [2.05, 4.69) is 20.8 Å². The van der Waals surface area contributed by atoms with Gasteiger partial charge in [0, 0.05) is 0 Å². The maximum Gasteiger partial charge on any atom is 0.203 e. The van der Waals surface area contributed by atoms with Crippen molar-refractivity contribution in [1.82, 2.24) is 0 Å². The summed E-state index contributed by atoms with van der Waals surface area (Å²) in [6.07, 6.45) is 1.09. The average Bonchev–Trinajstić information content (AvgIpc) is 2.42. The summed E-state index contributed by atoms with van der Waals surface area (Å²) >= 11 is 0. The molecule has 0 aliphatic carbocycles. The van der Waals surface area contributed by atoms with E-state index in [-0.39, 0.29) is 5.41 Å². The van der Waals surface area contributed by atoms with Crippen LogP contribution in [-0.2, 0) is 0 Å². The molecule has 1 atom stereocenters. The van der Waals surface area contributed by atoms with Gasteiger partial charge in [-0.2, -0.15) is 0 Å². The Bertz CT molecular complexity index is 410. The van der Waals surface area contributed by atoms with Gasteiger partial charge in [0.25, 0.3) is 0 Å². The number of aliphatic hydroxyl groups is 1. The standard InChI is InChI=1S/C16H26O4/c1-16(2,3)8-7-12(17)11-9-13(18-4)15(20-6)14(10-11)19-5/h9-10,12,17H,7-8H2,1-6H3. The molecule has 0 bridgehead atoms. The molecular formula is C16H26O4. The Hall–Kier alpha value is -1.42. The molecule has 0 aromatic heterocycles. The topological polar surface area (TPSA) is 47.9 Å². The number of hydrogen-bond acceptors (Lipinski definition) is 4. The van der Waals surface area contributed by atoms with Crippen molar-refractivity contribution in [2.45, 2.75) is 39.7 Å². The average molecular weight is 282 g/mol. The van der Waals surface area contributed by atoms with E-state index in [1.165, 1.54) is 0 Å². The fourth-order valence-corrected chi connectivity index (χ4v) is 2.03. The monoisotopic (exact) mass is 282 g/mol. The Balaban J connectivity index is 3.00. The van der Waals surface area contributed by atoms with Crippen molar-refractivity contribution in [2.75, 3.05) is 21.3 Å². The first-order chi connectivity index (χ1) is 9.32. The second-order valence-corrected chi connectivity index (χ2v) is 6.07. The molecule has 0 radical (unpaired) electrons. The molecule has 1 unspecified atom stereocenters. The molecule has 0 fully saturated rings. The van der Waals surface area contributed by atoms with Crippen LogP contribution in [0.15, 0.2) is 12.1 Å². The highest BCUT2D eigenvalue weighted by Gasteiger charge is 2.19. The summed E-state index contributed by atoms with van der Waals surface area (Å²) in [5.74, 6) is 1.68. The lowest BCUT2D eigenvalue weighted by Gasteiger charge is -2.21. The predicted octanol–water partition coefficient (Wildman–Crippen LogP) is 3.57. The van der Waals surface area contributed by atoms with Gasteiger partial charge in [0.2, 0.25) is 5.75 Å². The molecule has 0 aliphatic heterocycles. The minimum Gasteiger partial charge on any atom is -0.493 e. The summed E-state index contributed by atoms with van der Waals surface area (Å²) in [5, 5.41) is 10.3. The van der Waals surface area contributed by atoms with Crippen LogP contribution in [-0.4, -0.2) is 26.4 Å². The van der Waals surface area contributed by atoms with Crippen LogP contribution in [0.3, 0.4) is 0 Å². The quantitative estimate of drug-likeness (QED) is 0.866. The molecule has 0 saturated carbocycles. The van der Waals surface area contributed by atoms with Gasteiger partial charge in [0.05, 0.1) is 27.4 Å². The fourth-order valence-electron chi connectivity index (χ4n) is 2.03. The van der Waals surface area contributed by atoms with Gasteiger partial charge in [-0.15, -0.1) is 0 Å². The first-order valence-corrected chi connectivity index (χ1v) is 6.80. The summed E-state index contributed by atoms with van der Waals surface area (Å²) in [6.45, 7) is 6.48. The minimum atomic E-state index is -0.539. The van der Waals surface area contributed by atoms with Crippen LogP contribution in [0, 0.1) is 5.41 Å². The summed E-state index contributed by atoms with van der Waals surface area (Å²) in [7, 11) is 4.71. The number of methoxy groups -OCH3 is 3. The van der Waals surface area contributed by atoms with Crippen molar-refractivity contribution >= 4 is 0 Å². The lowest BCUT2D eigenvalue weighted by atomic mass is 9.88. The molecule has 1 N–H and O–H groups in total. The van der Waals surface area contributed by atoms with Crippen LogP contribution >= 0.6 is 0 Å². The number of aliphatic hydroxyl groups excluding tert-OH is 1. The number of rotatable bonds is 6. The van der Waals surface area contributed by atoms with Gasteiger partial charge in [-0.25, -0.2) is 0 Å². The SMILES string of the molecule is COc1cc(C(O)CCC(C)(C)C)cc(OC)c1OC. The lowest BCUT2D eigenvalue weighted by Crippen LogP contribution is -2.08. The number of hydrogen-bond donors (Lipinski definition) is 1. The van der Waals surface area contributed by atoms with Gasteiger partial charge in [0.1, 0.15) is 0 Å². The molecule has 1 rings (SSSR count). The van der Waals surface area contributed by atoms with E-state index < -0.39 is 6.10 Å². The summed E-state index contributed by atoms with van der Waals surface area (Å²) in [5.41, 5.74) is 0.977. The van der Waals surface area contributed by atoms with Crippen molar-refractivity contribution in [3.8, 4) is 17.2 Å². The van der Waals surface area contributed by atoms with Crippen molar-refractivity contribution < 1.29 is 19.3 Å². The van der Waals surface area contributed by atoms with E-state index >= 15 is 0 Å². The molecule has 0 spiro atoms. The first-order valence-electron chi connectivity index (χ1n) is 6.80. The molecular weight excluding hydrogens is 256 g/mol. The Morgan fingerprint density at radius 3 is 1.85 bits per heavy atom. The number of ether oxygens (including phenoxy) is 3. The molecule has 4 heteroatoms. The van der Waals surface area contributed by atoms with Gasteiger partial charge in [-0.05, 0) is 36.0 Å². The van der Waals surface area contributed by atoms with Gasteiger partial charge in [0.15, 0.2) is 11.5 Å². The molecule has 20 heavy (non-hydrogen) atoms. The third-order valence-corrected chi connectivity index (χ3v) is 3.24. The van der Waals surface area contributed by atoms with Crippen LogP contribution in [0.4, 0.5) is 0 Å². The van der Waals surface area contributed by atoms with E-state index in [1.54, 1.807) is 33.5 Å². The van der Waals surface area contributed by atoms with E-state index in [0.29, 0.717) is 23.7 Å². The van der Waals surface area contributed by atoms with E-state index in [0.717, 1.165) is 12.0 Å². The largest absolute Gasteiger partial charge is 0.493 e. The smallest absolute Gasteiger partial charge is 0.203 e. The Kier molecular flexibility index (Phi) is 5.69. The van der Waals surface area contributed by atoms with Gasteiger partial charge in [-0.1, -0.05) is 20.8 Å². The Morgan fingerprint density at radius 1 is 1.00 bits per heavy atom. The van der Waals surface area contributed by atoms with Crippen LogP contribution in [0.5, 0.6) is 17.2 Å². The van der Waals surface area contributed by atoms with Crippen molar-refractivity contribution in [2.24, 2.45) is 5.41 Å². The third kappa shape index (κ3) is 4.30. The van der Waals surface area contributed by atoms with E-state index in [9.17, 15) is 5.11 Å². The summed E-state index contributed by atoms with van der Waals surface area (Å²) in [4.78, 5) is 0. The van der Waals surface area contributed by atoms with Gasteiger partial charge < -0.3 is 19.3 Å². The van der Waals surface area contributed by atoms with Crippen molar-refractivity contribution in [1.29, 1.82) is 0 Å². The maximum atomic E-state index is 10.3. The third-order valence-electron chi connectivity index (χ3n) is 3.24. The van der Waals surface area contributed by atoms with Gasteiger partial charge >= 0.3 is 0 Å². The molecule has 0 aliphatic rings. The maximum absolute atomic E-state index is 10.3. The van der Waals surface area contributed by atoms with Gasteiger partial charge in [-0.3, -0.25) is 0 Å². The van der Waals surface area contributed by atoms with Crippen molar-refractivity contribution in [3.63, 3.8) is 0 Å². The first kappa shape index (κ1) is 16.6. The summed E-state index contributed by atoms with van der Waals surface area (Å²) in [6, 6.07) is 3.60. The molecule has 0 saturated heterocycles. The normalized spacial score (nSPS) is 12.9. The van der Waals surface area contributed by atoms with E-state index in [1.807, 2.05) is 0 Å². The zero-order valence-electron chi connectivity index (χ0n) is 13.3. The van der Waals surface area contributed by atoms with Crippen LogP contribution in [0.25, 0.3) is 0 Å². The Morgan fingerprint density at radius 2 is 1.50 bits per heavy atom.